The SMILES string of the molecule is CS(=O)(=O)OCC1CN(c2ccc(C(N)=NC(=O)c3ccc4c(c3)OCO4)cc2)C(=O)O1. The van der Waals surface area contributed by atoms with Crippen LogP contribution in [0.15, 0.2) is 47.5 Å². The Morgan fingerprint density at radius 2 is 1.84 bits per heavy atom. The molecule has 2 N–H and O–H groups in total. The monoisotopic (exact) mass is 461 g/mol. The maximum absolute atomic E-state index is 12.4. The second-order valence-corrected chi connectivity index (χ2v) is 8.67. The van der Waals surface area contributed by atoms with Crippen LogP contribution in [0.2, 0.25) is 0 Å². The van der Waals surface area contributed by atoms with Gasteiger partial charge in [-0.3, -0.25) is 13.9 Å². The number of aliphatic imine (C=N–C) groups is 1. The maximum atomic E-state index is 12.4. The van der Waals surface area contributed by atoms with Gasteiger partial charge in [0.25, 0.3) is 16.0 Å². The highest BCUT2D eigenvalue weighted by molar-refractivity contribution is 7.85. The average molecular weight is 461 g/mol. The molecule has 2 aromatic carbocycles. The molecule has 2 aliphatic rings. The van der Waals surface area contributed by atoms with Gasteiger partial charge in [0.2, 0.25) is 6.79 Å². The average Bonchev–Trinajstić information content (AvgIpc) is 3.37. The predicted molar refractivity (Wildman–Crippen MR) is 112 cm³/mol. The van der Waals surface area contributed by atoms with Gasteiger partial charge in [0.1, 0.15) is 18.5 Å². The van der Waals surface area contributed by atoms with Crippen molar-refractivity contribution in [2.75, 3.05) is 31.1 Å². The number of hydrogen-bond donors (Lipinski definition) is 1. The number of fused-ring (bicyclic) bond motifs is 1. The minimum Gasteiger partial charge on any atom is -0.454 e. The number of amidine groups is 1. The lowest BCUT2D eigenvalue weighted by Gasteiger charge is -2.13. The second kappa shape index (κ2) is 8.48. The van der Waals surface area contributed by atoms with E-state index in [1.807, 2.05) is 0 Å². The van der Waals surface area contributed by atoms with Crippen molar-refractivity contribution in [2.24, 2.45) is 10.7 Å². The van der Waals surface area contributed by atoms with Gasteiger partial charge < -0.3 is 19.9 Å². The molecular formula is C20H19N3O8S. The van der Waals surface area contributed by atoms with Crippen molar-refractivity contribution in [2.45, 2.75) is 6.10 Å². The molecule has 2 aliphatic heterocycles. The van der Waals surface area contributed by atoms with E-state index in [9.17, 15) is 18.0 Å². The molecule has 1 fully saturated rings. The summed E-state index contributed by atoms with van der Waals surface area (Å²) in [4.78, 5) is 29.8. The summed E-state index contributed by atoms with van der Waals surface area (Å²) in [6.45, 7) is -0.0403. The third kappa shape index (κ3) is 4.81. The highest BCUT2D eigenvalue weighted by Crippen LogP contribution is 2.32. The van der Waals surface area contributed by atoms with Crippen LogP contribution in [-0.4, -0.2) is 58.6 Å². The number of carbonyl (C=O) groups is 2. The molecule has 0 aliphatic carbocycles. The Hall–Kier alpha value is -3.64. The van der Waals surface area contributed by atoms with Crippen LogP contribution in [0.1, 0.15) is 15.9 Å². The molecule has 0 aromatic heterocycles. The van der Waals surface area contributed by atoms with Crippen LogP contribution in [0.4, 0.5) is 10.5 Å². The molecule has 1 unspecified atom stereocenters. The molecule has 168 valence electrons. The van der Waals surface area contributed by atoms with Crippen LogP contribution >= 0.6 is 0 Å². The number of amides is 2. The van der Waals surface area contributed by atoms with Crippen molar-refractivity contribution < 1.29 is 36.4 Å². The minimum absolute atomic E-state index is 0.00245. The van der Waals surface area contributed by atoms with Crippen LogP contribution in [0.3, 0.4) is 0 Å². The molecule has 2 amide bonds. The topological polar surface area (TPSA) is 147 Å². The van der Waals surface area contributed by atoms with Gasteiger partial charge in [0.15, 0.2) is 11.5 Å². The number of anilines is 1. The minimum atomic E-state index is -3.64. The van der Waals surface area contributed by atoms with Crippen molar-refractivity contribution >= 4 is 33.6 Å². The van der Waals surface area contributed by atoms with Crippen molar-refractivity contribution in [1.29, 1.82) is 0 Å². The van der Waals surface area contributed by atoms with Crippen LogP contribution < -0.4 is 20.1 Å². The first-order valence-corrected chi connectivity index (χ1v) is 11.2. The molecule has 2 heterocycles. The zero-order valence-electron chi connectivity index (χ0n) is 16.9. The molecule has 4 rings (SSSR count). The van der Waals surface area contributed by atoms with Crippen LogP contribution in [0.5, 0.6) is 11.5 Å². The Morgan fingerprint density at radius 1 is 1.16 bits per heavy atom. The Labute approximate surface area is 183 Å². The van der Waals surface area contributed by atoms with Crippen LogP contribution in [-0.2, 0) is 19.0 Å². The third-order valence-corrected chi connectivity index (χ3v) is 5.22. The van der Waals surface area contributed by atoms with Crippen molar-refractivity contribution in [1.82, 2.24) is 0 Å². The number of benzene rings is 2. The Morgan fingerprint density at radius 3 is 2.56 bits per heavy atom. The van der Waals surface area contributed by atoms with Gasteiger partial charge in [-0.2, -0.15) is 13.4 Å². The molecule has 11 nitrogen and oxygen atoms in total. The number of ether oxygens (including phenoxy) is 3. The Balaban J connectivity index is 1.43. The normalized spacial score (nSPS) is 18.0. The molecule has 0 saturated carbocycles. The standard InChI is InChI=1S/C20H19N3O8S/c1-32(26,27)30-10-15-9-23(20(25)31-15)14-5-2-12(3-6-14)18(21)22-19(24)13-4-7-16-17(8-13)29-11-28-16/h2-8,15H,9-11H2,1H3,(H2,21,22,24). The lowest BCUT2D eigenvalue weighted by molar-refractivity contribution is 0.100. The highest BCUT2D eigenvalue weighted by atomic mass is 32.2. The fourth-order valence-electron chi connectivity index (χ4n) is 3.10. The van der Waals surface area contributed by atoms with E-state index in [1.54, 1.807) is 36.4 Å². The van der Waals surface area contributed by atoms with Gasteiger partial charge in [-0.1, -0.05) is 0 Å². The predicted octanol–water partition coefficient (Wildman–Crippen LogP) is 1.26. The fraction of sp³-hybridized carbons (Fsp3) is 0.250. The third-order valence-electron chi connectivity index (χ3n) is 4.66. The fourth-order valence-corrected chi connectivity index (χ4v) is 3.50. The number of carbonyl (C=O) groups excluding carboxylic acids is 2. The molecule has 1 atom stereocenters. The zero-order chi connectivity index (χ0) is 22.9. The van der Waals surface area contributed by atoms with E-state index in [0.29, 0.717) is 28.3 Å². The number of hydrogen-bond acceptors (Lipinski definition) is 8. The van der Waals surface area contributed by atoms with Crippen molar-refractivity contribution in [3.8, 4) is 11.5 Å². The lowest BCUT2D eigenvalue weighted by Crippen LogP contribution is -2.26. The van der Waals surface area contributed by atoms with Gasteiger partial charge in [-0.05, 0) is 42.5 Å². The first kappa shape index (κ1) is 21.6. The highest BCUT2D eigenvalue weighted by Gasteiger charge is 2.33. The smallest absolute Gasteiger partial charge is 0.414 e. The summed E-state index contributed by atoms with van der Waals surface area (Å²) in [6.07, 6.45) is -0.425. The summed E-state index contributed by atoms with van der Waals surface area (Å²) in [7, 11) is -3.64. The Bertz CT molecular complexity index is 1190. The summed E-state index contributed by atoms with van der Waals surface area (Å²) >= 11 is 0. The van der Waals surface area contributed by atoms with Gasteiger partial charge in [0, 0.05) is 16.8 Å². The van der Waals surface area contributed by atoms with Crippen molar-refractivity contribution in [3.05, 3.63) is 53.6 Å². The van der Waals surface area contributed by atoms with Gasteiger partial charge >= 0.3 is 6.09 Å². The van der Waals surface area contributed by atoms with E-state index in [4.69, 9.17) is 19.9 Å². The van der Waals surface area contributed by atoms with Gasteiger partial charge in [-0.25, -0.2) is 4.79 Å². The number of nitrogens with two attached hydrogens (primary N) is 1. The molecule has 0 bridgehead atoms. The summed E-state index contributed by atoms with van der Waals surface area (Å²) in [5.74, 6) is 0.482. The molecule has 0 spiro atoms. The maximum Gasteiger partial charge on any atom is 0.414 e. The van der Waals surface area contributed by atoms with Gasteiger partial charge in [0.05, 0.1) is 12.8 Å². The molecule has 2 aromatic rings. The first-order chi connectivity index (χ1) is 15.2. The quantitative estimate of drug-likeness (QED) is 0.381. The van der Waals surface area contributed by atoms with E-state index in [2.05, 4.69) is 9.18 Å². The van der Waals surface area contributed by atoms with E-state index in [0.717, 1.165) is 6.26 Å². The van der Waals surface area contributed by atoms with E-state index in [1.165, 1.54) is 11.0 Å². The van der Waals surface area contributed by atoms with Crippen LogP contribution in [0, 0.1) is 0 Å². The lowest BCUT2D eigenvalue weighted by atomic mass is 10.1. The molecule has 1 saturated heterocycles. The number of cyclic esters (lactones) is 1. The first-order valence-electron chi connectivity index (χ1n) is 9.41. The van der Waals surface area contributed by atoms with Crippen molar-refractivity contribution in [3.63, 3.8) is 0 Å². The molecule has 12 heteroatoms. The molecule has 32 heavy (non-hydrogen) atoms. The summed E-state index contributed by atoms with van der Waals surface area (Å²) < 4.78 is 42.5. The largest absolute Gasteiger partial charge is 0.454 e. The summed E-state index contributed by atoms with van der Waals surface area (Å²) in [5.41, 5.74) is 7.26. The zero-order valence-corrected chi connectivity index (χ0v) is 17.7. The summed E-state index contributed by atoms with van der Waals surface area (Å²) in [6, 6.07) is 11.2. The van der Waals surface area contributed by atoms with E-state index >= 15 is 0 Å². The Kier molecular flexibility index (Phi) is 5.72. The number of nitrogens with zero attached hydrogens (tertiary/aromatic N) is 2. The number of rotatable bonds is 6. The summed E-state index contributed by atoms with van der Waals surface area (Å²) in [5, 5.41) is 0. The van der Waals surface area contributed by atoms with E-state index in [-0.39, 0.29) is 25.8 Å². The second-order valence-electron chi connectivity index (χ2n) is 7.02. The van der Waals surface area contributed by atoms with Crippen LogP contribution in [0.25, 0.3) is 0 Å². The molecule has 0 radical (unpaired) electrons. The molecular weight excluding hydrogens is 442 g/mol. The van der Waals surface area contributed by atoms with E-state index < -0.39 is 28.2 Å². The van der Waals surface area contributed by atoms with Gasteiger partial charge in [-0.15, -0.1) is 0 Å².